The van der Waals surface area contributed by atoms with Crippen LogP contribution in [0.15, 0.2) is 53.5 Å². The summed E-state index contributed by atoms with van der Waals surface area (Å²) in [5.41, 5.74) is -1.20. The highest BCUT2D eigenvalue weighted by Crippen LogP contribution is 2.37. The predicted octanol–water partition coefficient (Wildman–Crippen LogP) is 4.17. The van der Waals surface area contributed by atoms with Crippen LogP contribution in [0, 0.1) is 27.6 Å². The predicted molar refractivity (Wildman–Crippen MR) is 90.2 cm³/mol. The van der Waals surface area contributed by atoms with E-state index in [9.17, 15) is 28.1 Å². The van der Waals surface area contributed by atoms with E-state index in [-0.39, 0.29) is 28.3 Å². The molecular weight excluding hydrogens is 365 g/mol. The van der Waals surface area contributed by atoms with E-state index < -0.39 is 27.9 Å². The Balaban J connectivity index is 2.19. The Hall–Kier alpha value is -3.62. The first kappa shape index (κ1) is 18.2. The maximum absolute atomic E-state index is 14.3. The number of ether oxygens (including phenoxy) is 1. The molecule has 0 fully saturated rings. The Morgan fingerprint density at radius 3 is 2.33 bits per heavy atom. The Morgan fingerprint density at radius 2 is 1.67 bits per heavy atom. The lowest BCUT2D eigenvalue weighted by Gasteiger charge is -2.13. The van der Waals surface area contributed by atoms with Crippen LogP contribution in [0.1, 0.15) is 0 Å². The molecule has 0 radical (unpaired) electrons. The van der Waals surface area contributed by atoms with E-state index in [4.69, 9.17) is 4.74 Å². The number of rotatable bonds is 4. The third-order valence-corrected chi connectivity index (χ3v) is 3.76. The summed E-state index contributed by atoms with van der Waals surface area (Å²) in [6.07, 6.45) is 1.14. The lowest BCUT2D eigenvalue weighted by Crippen LogP contribution is -2.16. The van der Waals surface area contributed by atoms with E-state index in [1.807, 2.05) is 0 Å². The smallest absolute Gasteiger partial charge is 0.270 e. The van der Waals surface area contributed by atoms with Crippen molar-refractivity contribution in [3.05, 3.63) is 86.6 Å². The largest absolute Gasteiger partial charge is 0.454 e. The normalized spacial score (nSPS) is 10.7. The van der Waals surface area contributed by atoms with E-state index in [1.54, 1.807) is 0 Å². The molecule has 9 heteroatoms. The Morgan fingerprint density at radius 1 is 0.963 bits per heavy atom. The fraction of sp³-hybridized carbons (Fsp3) is 0.0556. The number of aromatic nitrogens is 1. The van der Waals surface area contributed by atoms with Gasteiger partial charge in [-0.15, -0.1) is 0 Å². The topological polar surface area (TPSA) is 74.4 Å². The number of benzene rings is 2. The van der Waals surface area contributed by atoms with Crippen LogP contribution in [-0.4, -0.2) is 9.49 Å². The molecule has 0 unspecified atom stereocenters. The number of non-ortho nitro benzene ring substituents is 1. The van der Waals surface area contributed by atoms with E-state index in [1.165, 1.54) is 13.1 Å². The summed E-state index contributed by atoms with van der Waals surface area (Å²) in [4.78, 5) is 21.9. The van der Waals surface area contributed by atoms with Crippen molar-refractivity contribution < 1.29 is 22.8 Å². The van der Waals surface area contributed by atoms with Gasteiger partial charge in [0, 0.05) is 48.6 Å². The maximum Gasteiger partial charge on any atom is 0.270 e. The summed E-state index contributed by atoms with van der Waals surface area (Å²) < 4.78 is 47.7. The maximum atomic E-state index is 14.3. The first-order valence-corrected chi connectivity index (χ1v) is 7.54. The minimum Gasteiger partial charge on any atom is -0.454 e. The molecule has 0 N–H and O–H groups in total. The SMILES string of the molecule is Cn1cc(-c2cc([N+](=O)[O-])ccc2Oc2ccc(F)cc2F)c(F)cc1=O. The van der Waals surface area contributed by atoms with Gasteiger partial charge in [0.2, 0.25) is 0 Å². The van der Waals surface area contributed by atoms with Crippen molar-refractivity contribution in [2.75, 3.05) is 0 Å². The van der Waals surface area contributed by atoms with Crippen molar-refractivity contribution in [1.82, 2.24) is 4.57 Å². The van der Waals surface area contributed by atoms with Crippen molar-refractivity contribution >= 4 is 5.69 Å². The zero-order chi connectivity index (χ0) is 19.7. The van der Waals surface area contributed by atoms with Gasteiger partial charge in [-0.1, -0.05) is 0 Å². The monoisotopic (exact) mass is 376 g/mol. The van der Waals surface area contributed by atoms with Crippen LogP contribution < -0.4 is 10.3 Å². The van der Waals surface area contributed by atoms with Gasteiger partial charge < -0.3 is 9.30 Å². The van der Waals surface area contributed by atoms with Crippen LogP contribution in [0.2, 0.25) is 0 Å². The number of pyridine rings is 1. The number of hydrogen-bond acceptors (Lipinski definition) is 4. The zero-order valence-corrected chi connectivity index (χ0v) is 13.8. The minimum atomic E-state index is -1.000. The number of nitro benzene ring substituents is 1. The summed E-state index contributed by atoms with van der Waals surface area (Å²) in [5.74, 6) is -3.20. The van der Waals surface area contributed by atoms with Crippen LogP contribution in [0.5, 0.6) is 11.5 Å². The summed E-state index contributed by atoms with van der Waals surface area (Å²) in [6.45, 7) is 0. The first-order chi connectivity index (χ1) is 12.8. The standard InChI is InChI=1S/C18H11F3N2O4/c1-22-9-13(14(20)8-18(22)24)12-7-11(23(25)26)3-5-16(12)27-17-4-2-10(19)6-15(17)21/h2-9H,1H3. The van der Waals surface area contributed by atoms with Crippen LogP contribution in [0.4, 0.5) is 18.9 Å². The Kier molecular flexibility index (Phi) is 4.68. The van der Waals surface area contributed by atoms with Crippen LogP contribution in [-0.2, 0) is 7.05 Å². The van der Waals surface area contributed by atoms with Crippen LogP contribution >= 0.6 is 0 Å². The van der Waals surface area contributed by atoms with Crippen molar-refractivity contribution in [3.8, 4) is 22.6 Å². The molecule has 0 aliphatic rings. The average molecular weight is 376 g/mol. The summed E-state index contributed by atoms with van der Waals surface area (Å²) in [6, 6.07) is 6.63. The number of halogens is 3. The lowest BCUT2D eigenvalue weighted by atomic mass is 10.0. The fourth-order valence-electron chi connectivity index (χ4n) is 2.41. The second-order valence-corrected chi connectivity index (χ2v) is 5.60. The highest BCUT2D eigenvalue weighted by Gasteiger charge is 2.19. The molecule has 0 saturated heterocycles. The van der Waals surface area contributed by atoms with Crippen molar-refractivity contribution in [2.45, 2.75) is 0 Å². The molecule has 0 amide bonds. The number of aryl methyl sites for hydroxylation is 1. The molecule has 1 heterocycles. The van der Waals surface area contributed by atoms with Gasteiger partial charge in [-0.2, -0.15) is 0 Å². The van der Waals surface area contributed by atoms with Gasteiger partial charge in [0.1, 0.15) is 17.4 Å². The van der Waals surface area contributed by atoms with E-state index in [0.717, 1.165) is 41.1 Å². The first-order valence-electron chi connectivity index (χ1n) is 7.54. The van der Waals surface area contributed by atoms with Gasteiger partial charge in [-0.25, -0.2) is 13.2 Å². The van der Waals surface area contributed by atoms with E-state index in [2.05, 4.69) is 0 Å². The van der Waals surface area contributed by atoms with Crippen LogP contribution in [0.3, 0.4) is 0 Å². The molecule has 0 aliphatic carbocycles. The molecular formula is C18H11F3N2O4. The van der Waals surface area contributed by atoms with Gasteiger partial charge in [-0.3, -0.25) is 14.9 Å². The Labute approximate surface area is 150 Å². The molecule has 0 spiro atoms. The third-order valence-electron chi connectivity index (χ3n) is 3.76. The minimum absolute atomic E-state index is 0.0685. The van der Waals surface area contributed by atoms with Crippen molar-refractivity contribution in [2.24, 2.45) is 7.05 Å². The molecule has 3 aromatic rings. The van der Waals surface area contributed by atoms with Gasteiger partial charge in [0.15, 0.2) is 11.6 Å². The highest BCUT2D eigenvalue weighted by atomic mass is 19.1. The van der Waals surface area contributed by atoms with Crippen molar-refractivity contribution in [1.29, 1.82) is 0 Å². The summed E-state index contributed by atoms with van der Waals surface area (Å²) >= 11 is 0. The molecule has 1 aromatic heterocycles. The molecule has 3 rings (SSSR count). The Bertz CT molecular complexity index is 1110. The molecule has 27 heavy (non-hydrogen) atoms. The second kappa shape index (κ2) is 6.94. The number of nitrogens with zero attached hydrogens (tertiary/aromatic N) is 2. The summed E-state index contributed by atoms with van der Waals surface area (Å²) in [7, 11) is 1.38. The quantitative estimate of drug-likeness (QED) is 0.506. The average Bonchev–Trinajstić information content (AvgIpc) is 2.60. The third kappa shape index (κ3) is 3.66. The van der Waals surface area contributed by atoms with Crippen LogP contribution in [0.25, 0.3) is 11.1 Å². The molecule has 0 aliphatic heterocycles. The lowest BCUT2D eigenvalue weighted by molar-refractivity contribution is -0.384. The van der Waals surface area contributed by atoms with Gasteiger partial charge in [-0.05, 0) is 18.2 Å². The molecule has 0 bridgehead atoms. The molecule has 2 aromatic carbocycles. The molecule has 6 nitrogen and oxygen atoms in total. The molecule has 138 valence electrons. The van der Waals surface area contributed by atoms with Crippen molar-refractivity contribution in [3.63, 3.8) is 0 Å². The molecule has 0 atom stereocenters. The molecule has 0 saturated carbocycles. The number of nitro groups is 1. The fourth-order valence-corrected chi connectivity index (χ4v) is 2.41. The second-order valence-electron chi connectivity index (χ2n) is 5.60. The summed E-state index contributed by atoms with van der Waals surface area (Å²) in [5, 5.41) is 11.1. The van der Waals surface area contributed by atoms with E-state index in [0.29, 0.717) is 6.07 Å². The number of hydrogen-bond donors (Lipinski definition) is 0. The van der Waals surface area contributed by atoms with Gasteiger partial charge >= 0.3 is 0 Å². The van der Waals surface area contributed by atoms with Gasteiger partial charge in [0.25, 0.3) is 11.2 Å². The van der Waals surface area contributed by atoms with Gasteiger partial charge in [0.05, 0.1) is 4.92 Å². The highest BCUT2D eigenvalue weighted by molar-refractivity contribution is 5.73. The zero-order valence-electron chi connectivity index (χ0n) is 13.8. The van der Waals surface area contributed by atoms with E-state index >= 15 is 0 Å².